The SMILES string of the molecule is COC(=O)c1ccc(/C=N/OCC(=O)Nc2ccc(Br)cc2F)cc1. The average molecular weight is 409 g/mol. The zero-order valence-corrected chi connectivity index (χ0v) is 14.7. The quantitative estimate of drug-likeness (QED) is 0.451. The molecule has 8 heteroatoms. The van der Waals surface area contributed by atoms with E-state index in [-0.39, 0.29) is 12.3 Å². The van der Waals surface area contributed by atoms with Gasteiger partial charge in [-0.3, -0.25) is 4.79 Å². The van der Waals surface area contributed by atoms with Crippen LogP contribution in [0.5, 0.6) is 0 Å². The Morgan fingerprint density at radius 2 is 1.96 bits per heavy atom. The maximum atomic E-state index is 13.6. The van der Waals surface area contributed by atoms with Crippen molar-refractivity contribution in [2.75, 3.05) is 19.0 Å². The first-order valence-electron chi connectivity index (χ1n) is 7.08. The fraction of sp³-hybridized carbons (Fsp3) is 0.118. The number of anilines is 1. The molecule has 6 nitrogen and oxygen atoms in total. The highest BCUT2D eigenvalue weighted by Crippen LogP contribution is 2.19. The van der Waals surface area contributed by atoms with E-state index in [1.807, 2.05) is 0 Å². The molecular formula is C17H14BrFN2O4. The summed E-state index contributed by atoms with van der Waals surface area (Å²) in [6.45, 7) is -0.369. The van der Waals surface area contributed by atoms with Gasteiger partial charge in [0.15, 0.2) is 6.61 Å². The standard InChI is InChI=1S/C17H14BrFN2O4/c1-24-17(23)12-4-2-11(3-5-12)9-20-25-10-16(22)21-15-7-6-13(18)8-14(15)19/h2-9H,10H2,1H3,(H,21,22)/b20-9+. The van der Waals surface area contributed by atoms with Crippen LogP contribution in [0.1, 0.15) is 15.9 Å². The summed E-state index contributed by atoms with van der Waals surface area (Å²) in [6.07, 6.45) is 1.38. The molecule has 0 aromatic heterocycles. The first kappa shape index (κ1) is 18.6. The number of amides is 1. The molecule has 0 fully saturated rings. The van der Waals surface area contributed by atoms with Crippen LogP contribution in [0.3, 0.4) is 0 Å². The molecule has 0 aliphatic carbocycles. The molecular weight excluding hydrogens is 395 g/mol. The minimum atomic E-state index is -0.558. The van der Waals surface area contributed by atoms with Gasteiger partial charge in [0.25, 0.3) is 5.91 Å². The maximum Gasteiger partial charge on any atom is 0.337 e. The van der Waals surface area contributed by atoms with Crippen LogP contribution >= 0.6 is 15.9 Å². The summed E-state index contributed by atoms with van der Waals surface area (Å²) in [5.74, 6) is -1.53. The predicted octanol–water partition coefficient (Wildman–Crippen LogP) is 3.36. The first-order valence-corrected chi connectivity index (χ1v) is 7.87. The molecule has 1 amide bonds. The van der Waals surface area contributed by atoms with E-state index in [0.29, 0.717) is 15.6 Å². The Hall–Kier alpha value is -2.74. The molecule has 0 unspecified atom stereocenters. The second-order valence-corrected chi connectivity index (χ2v) is 5.71. The molecule has 2 aromatic rings. The smallest absolute Gasteiger partial charge is 0.337 e. The summed E-state index contributed by atoms with van der Waals surface area (Å²) in [7, 11) is 1.30. The highest BCUT2D eigenvalue weighted by molar-refractivity contribution is 9.10. The van der Waals surface area contributed by atoms with Gasteiger partial charge in [-0.1, -0.05) is 33.2 Å². The predicted molar refractivity (Wildman–Crippen MR) is 94.1 cm³/mol. The van der Waals surface area contributed by atoms with Gasteiger partial charge in [-0.2, -0.15) is 0 Å². The fourth-order valence-electron chi connectivity index (χ4n) is 1.79. The molecule has 0 saturated carbocycles. The number of rotatable bonds is 6. The van der Waals surface area contributed by atoms with Crippen molar-refractivity contribution in [1.29, 1.82) is 0 Å². The molecule has 0 aliphatic heterocycles. The lowest BCUT2D eigenvalue weighted by molar-refractivity contribution is -0.120. The lowest BCUT2D eigenvalue weighted by atomic mass is 10.1. The molecule has 0 spiro atoms. The second-order valence-electron chi connectivity index (χ2n) is 4.79. The van der Waals surface area contributed by atoms with E-state index in [1.165, 1.54) is 25.5 Å². The molecule has 0 heterocycles. The van der Waals surface area contributed by atoms with Gasteiger partial charge >= 0.3 is 5.97 Å². The van der Waals surface area contributed by atoms with Gasteiger partial charge in [0, 0.05) is 4.47 Å². The van der Waals surface area contributed by atoms with E-state index in [4.69, 9.17) is 4.84 Å². The van der Waals surface area contributed by atoms with Crippen molar-refractivity contribution < 1.29 is 23.6 Å². The number of hydrogen-bond acceptors (Lipinski definition) is 5. The largest absolute Gasteiger partial charge is 0.465 e. The van der Waals surface area contributed by atoms with Crippen molar-refractivity contribution >= 4 is 39.7 Å². The van der Waals surface area contributed by atoms with Gasteiger partial charge in [0.05, 0.1) is 24.6 Å². The number of esters is 1. The molecule has 2 rings (SSSR count). The number of benzene rings is 2. The number of methoxy groups -OCH3 is 1. The van der Waals surface area contributed by atoms with Crippen molar-refractivity contribution in [2.45, 2.75) is 0 Å². The third-order valence-corrected chi connectivity index (χ3v) is 3.50. The summed E-state index contributed by atoms with van der Waals surface area (Å²) in [5.41, 5.74) is 1.14. The topological polar surface area (TPSA) is 77.0 Å². The van der Waals surface area contributed by atoms with E-state index in [2.05, 4.69) is 31.1 Å². The lowest BCUT2D eigenvalue weighted by Crippen LogP contribution is -2.17. The van der Waals surface area contributed by atoms with Gasteiger partial charge in [0.2, 0.25) is 0 Å². The monoisotopic (exact) mass is 408 g/mol. The van der Waals surface area contributed by atoms with E-state index in [1.54, 1.807) is 30.3 Å². The van der Waals surface area contributed by atoms with Gasteiger partial charge in [-0.15, -0.1) is 0 Å². The zero-order chi connectivity index (χ0) is 18.2. The Balaban J connectivity index is 1.82. The van der Waals surface area contributed by atoms with Crippen LogP contribution < -0.4 is 5.32 Å². The second kappa shape index (κ2) is 8.93. The van der Waals surface area contributed by atoms with Gasteiger partial charge in [-0.25, -0.2) is 9.18 Å². The Bertz CT molecular complexity index is 794. The van der Waals surface area contributed by atoms with Crippen LogP contribution in [0.2, 0.25) is 0 Å². The summed E-state index contributed by atoms with van der Waals surface area (Å²) in [5, 5.41) is 6.03. The van der Waals surface area contributed by atoms with Crippen LogP contribution in [-0.2, 0) is 14.4 Å². The number of halogens is 2. The number of oxime groups is 1. The number of carbonyl (C=O) groups excluding carboxylic acids is 2. The minimum Gasteiger partial charge on any atom is -0.465 e. The number of hydrogen-bond donors (Lipinski definition) is 1. The number of nitrogens with one attached hydrogen (secondary N) is 1. The molecule has 1 N–H and O–H groups in total. The Morgan fingerprint density at radius 3 is 2.60 bits per heavy atom. The van der Waals surface area contributed by atoms with Crippen molar-refractivity contribution in [3.05, 3.63) is 63.9 Å². The van der Waals surface area contributed by atoms with E-state index in [9.17, 15) is 14.0 Å². The molecule has 130 valence electrons. The van der Waals surface area contributed by atoms with Crippen LogP contribution in [0.4, 0.5) is 10.1 Å². The molecule has 25 heavy (non-hydrogen) atoms. The maximum absolute atomic E-state index is 13.6. The molecule has 0 radical (unpaired) electrons. The van der Waals surface area contributed by atoms with Crippen molar-refractivity contribution in [3.8, 4) is 0 Å². The fourth-order valence-corrected chi connectivity index (χ4v) is 2.13. The third-order valence-electron chi connectivity index (χ3n) is 3.01. The molecule has 0 atom stereocenters. The molecule has 0 aliphatic rings. The van der Waals surface area contributed by atoms with Crippen LogP contribution in [0.25, 0.3) is 0 Å². The molecule has 0 bridgehead atoms. The summed E-state index contributed by atoms with van der Waals surface area (Å²) < 4.78 is 18.8. The number of ether oxygens (including phenoxy) is 1. The zero-order valence-electron chi connectivity index (χ0n) is 13.2. The first-order chi connectivity index (χ1) is 12.0. The van der Waals surface area contributed by atoms with Gasteiger partial charge in [-0.05, 0) is 35.9 Å². The highest BCUT2D eigenvalue weighted by atomic mass is 79.9. The van der Waals surface area contributed by atoms with Crippen molar-refractivity contribution in [1.82, 2.24) is 0 Å². The van der Waals surface area contributed by atoms with Crippen LogP contribution in [0.15, 0.2) is 52.1 Å². The van der Waals surface area contributed by atoms with Crippen LogP contribution in [0, 0.1) is 5.82 Å². The highest BCUT2D eigenvalue weighted by Gasteiger charge is 2.08. The van der Waals surface area contributed by atoms with Gasteiger partial charge < -0.3 is 14.9 Å². The van der Waals surface area contributed by atoms with Crippen molar-refractivity contribution in [2.24, 2.45) is 5.16 Å². The average Bonchev–Trinajstić information content (AvgIpc) is 2.61. The summed E-state index contributed by atoms with van der Waals surface area (Å²) in [6, 6.07) is 10.7. The van der Waals surface area contributed by atoms with E-state index >= 15 is 0 Å². The summed E-state index contributed by atoms with van der Waals surface area (Å²) in [4.78, 5) is 27.8. The van der Waals surface area contributed by atoms with Gasteiger partial charge in [0.1, 0.15) is 5.82 Å². The lowest BCUT2D eigenvalue weighted by Gasteiger charge is -2.05. The third kappa shape index (κ3) is 5.68. The van der Waals surface area contributed by atoms with E-state index in [0.717, 1.165) is 0 Å². The number of carbonyl (C=O) groups is 2. The van der Waals surface area contributed by atoms with E-state index < -0.39 is 17.7 Å². The Kier molecular flexibility index (Phi) is 6.64. The Labute approximate surface area is 151 Å². The molecule has 2 aromatic carbocycles. The normalized spacial score (nSPS) is 10.5. The van der Waals surface area contributed by atoms with Crippen molar-refractivity contribution in [3.63, 3.8) is 0 Å². The molecule has 0 saturated heterocycles. The number of nitrogens with zero attached hydrogens (tertiary/aromatic N) is 1. The summed E-state index contributed by atoms with van der Waals surface area (Å²) >= 11 is 3.13. The Morgan fingerprint density at radius 1 is 1.24 bits per heavy atom. The van der Waals surface area contributed by atoms with Crippen LogP contribution in [-0.4, -0.2) is 31.8 Å². The minimum absolute atomic E-state index is 0.0548.